The Morgan fingerprint density at radius 2 is 2.46 bits per heavy atom. The Balaban J connectivity index is 2.27. The van der Waals surface area contributed by atoms with Gasteiger partial charge in [-0.25, -0.2) is 4.98 Å². The van der Waals surface area contributed by atoms with Gasteiger partial charge in [0.05, 0.1) is 12.0 Å². The number of nitrogens with one attached hydrogen (secondary N) is 1. The van der Waals surface area contributed by atoms with Crippen LogP contribution in [0.25, 0.3) is 0 Å². The van der Waals surface area contributed by atoms with Crippen LogP contribution in [0.5, 0.6) is 0 Å². The fourth-order valence-electron chi connectivity index (χ4n) is 0.922. The van der Waals surface area contributed by atoms with Crippen molar-refractivity contribution in [2.24, 2.45) is 0 Å². The molecule has 3 nitrogen and oxygen atoms in total. The van der Waals surface area contributed by atoms with Crippen molar-refractivity contribution in [2.45, 2.75) is 5.38 Å². The Morgan fingerprint density at radius 1 is 1.62 bits per heavy atom. The van der Waals surface area contributed by atoms with Gasteiger partial charge in [0.25, 0.3) is 0 Å². The van der Waals surface area contributed by atoms with Crippen LogP contribution in [-0.4, -0.2) is 30.6 Å². The summed E-state index contributed by atoms with van der Waals surface area (Å²) in [6.07, 6.45) is 1.74. The van der Waals surface area contributed by atoms with E-state index < -0.39 is 0 Å². The zero-order valence-corrected chi connectivity index (χ0v) is 8.29. The Bertz CT molecular complexity index is 230. The van der Waals surface area contributed by atoms with Crippen molar-refractivity contribution in [1.82, 2.24) is 4.98 Å². The molecule has 0 fully saturated rings. The van der Waals surface area contributed by atoms with Crippen molar-refractivity contribution >= 4 is 17.4 Å². The average Bonchev–Trinajstić information content (AvgIpc) is 2.17. The number of pyridine rings is 1. The Labute approximate surface area is 83.1 Å². The number of hydrogen-bond donors (Lipinski definition) is 1. The van der Waals surface area contributed by atoms with Crippen LogP contribution in [0.15, 0.2) is 24.4 Å². The van der Waals surface area contributed by atoms with Crippen LogP contribution in [-0.2, 0) is 4.74 Å². The third kappa shape index (κ3) is 4.10. The van der Waals surface area contributed by atoms with Crippen LogP contribution in [0.3, 0.4) is 0 Å². The molecule has 1 aromatic heterocycles. The lowest BCUT2D eigenvalue weighted by Gasteiger charge is -2.09. The Morgan fingerprint density at radius 3 is 3.08 bits per heavy atom. The number of halogens is 1. The second kappa shape index (κ2) is 5.78. The third-order valence-corrected chi connectivity index (χ3v) is 1.80. The van der Waals surface area contributed by atoms with Gasteiger partial charge in [-0.05, 0) is 12.1 Å². The normalized spacial score (nSPS) is 12.5. The zero-order chi connectivity index (χ0) is 9.52. The average molecular weight is 201 g/mol. The van der Waals surface area contributed by atoms with Crippen molar-refractivity contribution in [2.75, 3.05) is 25.6 Å². The molecule has 72 valence electrons. The lowest BCUT2D eigenvalue weighted by Crippen LogP contribution is -2.19. The molecule has 0 spiro atoms. The van der Waals surface area contributed by atoms with Crippen LogP contribution in [0.4, 0.5) is 5.82 Å². The molecule has 1 unspecified atom stereocenters. The molecule has 0 radical (unpaired) electrons. The maximum absolute atomic E-state index is 5.92. The van der Waals surface area contributed by atoms with E-state index in [1.54, 1.807) is 13.3 Å². The van der Waals surface area contributed by atoms with Gasteiger partial charge in [0.2, 0.25) is 0 Å². The number of ether oxygens (including phenoxy) is 1. The highest BCUT2D eigenvalue weighted by molar-refractivity contribution is 6.21. The molecular formula is C9H13ClN2O. The monoisotopic (exact) mass is 200 g/mol. The van der Waals surface area contributed by atoms with Gasteiger partial charge in [0, 0.05) is 19.9 Å². The molecule has 4 heteroatoms. The topological polar surface area (TPSA) is 34.1 Å². The molecule has 0 aliphatic rings. The predicted molar refractivity (Wildman–Crippen MR) is 54.2 cm³/mol. The molecule has 0 aliphatic carbocycles. The minimum absolute atomic E-state index is 0.0213. The first-order chi connectivity index (χ1) is 6.33. The summed E-state index contributed by atoms with van der Waals surface area (Å²) in [6.45, 7) is 1.20. The van der Waals surface area contributed by atoms with Crippen molar-refractivity contribution < 1.29 is 4.74 Å². The smallest absolute Gasteiger partial charge is 0.125 e. The van der Waals surface area contributed by atoms with Gasteiger partial charge in [0.15, 0.2) is 0 Å². The van der Waals surface area contributed by atoms with E-state index >= 15 is 0 Å². The highest BCUT2D eigenvalue weighted by atomic mass is 35.5. The van der Waals surface area contributed by atoms with Crippen molar-refractivity contribution in [1.29, 1.82) is 0 Å². The van der Waals surface area contributed by atoms with Crippen molar-refractivity contribution in [3.63, 3.8) is 0 Å². The van der Waals surface area contributed by atoms with Gasteiger partial charge < -0.3 is 10.1 Å². The van der Waals surface area contributed by atoms with E-state index in [0.29, 0.717) is 13.2 Å². The number of methoxy groups -OCH3 is 1. The van der Waals surface area contributed by atoms with Crippen LogP contribution in [0, 0.1) is 0 Å². The van der Waals surface area contributed by atoms with E-state index in [-0.39, 0.29) is 5.38 Å². The fraction of sp³-hybridized carbons (Fsp3) is 0.444. The first kappa shape index (κ1) is 10.3. The molecule has 1 rings (SSSR count). The SMILES string of the molecule is COCC(Cl)CNc1ccccn1. The predicted octanol–water partition coefficient (Wildman–Crippen LogP) is 1.75. The standard InChI is InChI=1S/C9H13ClN2O/c1-13-7-8(10)6-12-9-4-2-3-5-11-9/h2-5,8H,6-7H2,1H3,(H,11,12). The molecule has 13 heavy (non-hydrogen) atoms. The zero-order valence-electron chi connectivity index (χ0n) is 7.53. The van der Waals surface area contributed by atoms with Crippen LogP contribution < -0.4 is 5.32 Å². The van der Waals surface area contributed by atoms with Crippen molar-refractivity contribution in [3.05, 3.63) is 24.4 Å². The molecule has 1 heterocycles. The maximum Gasteiger partial charge on any atom is 0.125 e. The van der Waals surface area contributed by atoms with E-state index in [9.17, 15) is 0 Å². The lowest BCUT2D eigenvalue weighted by molar-refractivity contribution is 0.200. The van der Waals surface area contributed by atoms with E-state index in [4.69, 9.17) is 16.3 Å². The summed E-state index contributed by atoms with van der Waals surface area (Å²) in [5.74, 6) is 0.837. The van der Waals surface area contributed by atoms with E-state index in [2.05, 4.69) is 10.3 Å². The largest absolute Gasteiger partial charge is 0.383 e. The second-order valence-corrected chi connectivity index (χ2v) is 3.27. The van der Waals surface area contributed by atoms with Gasteiger partial charge in [-0.1, -0.05) is 6.07 Å². The number of alkyl halides is 1. The molecule has 0 bridgehead atoms. The summed E-state index contributed by atoms with van der Waals surface area (Å²) in [7, 11) is 1.64. The Hall–Kier alpha value is -0.800. The van der Waals surface area contributed by atoms with Gasteiger partial charge in [-0.3, -0.25) is 0 Å². The molecule has 0 aliphatic heterocycles. The van der Waals surface area contributed by atoms with Gasteiger partial charge in [0.1, 0.15) is 5.82 Å². The number of anilines is 1. The quantitative estimate of drug-likeness (QED) is 0.736. The van der Waals surface area contributed by atoms with Crippen LogP contribution in [0.2, 0.25) is 0 Å². The summed E-state index contributed by atoms with van der Waals surface area (Å²) in [5, 5.41) is 3.08. The molecule has 1 aromatic rings. The molecule has 0 amide bonds. The van der Waals surface area contributed by atoms with Crippen LogP contribution in [0.1, 0.15) is 0 Å². The number of nitrogens with zero attached hydrogens (tertiary/aromatic N) is 1. The second-order valence-electron chi connectivity index (χ2n) is 2.65. The van der Waals surface area contributed by atoms with E-state index in [1.165, 1.54) is 0 Å². The summed E-state index contributed by atoms with van der Waals surface area (Å²) < 4.78 is 4.90. The number of aromatic nitrogens is 1. The van der Waals surface area contributed by atoms with Gasteiger partial charge >= 0.3 is 0 Å². The third-order valence-electron chi connectivity index (χ3n) is 1.52. The highest BCUT2D eigenvalue weighted by Gasteiger charge is 2.02. The molecular weight excluding hydrogens is 188 g/mol. The summed E-state index contributed by atoms with van der Waals surface area (Å²) in [5.41, 5.74) is 0. The molecule has 0 saturated heterocycles. The van der Waals surface area contributed by atoms with Gasteiger partial charge in [-0.15, -0.1) is 11.6 Å². The maximum atomic E-state index is 5.92. The highest BCUT2D eigenvalue weighted by Crippen LogP contribution is 2.02. The number of rotatable bonds is 5. The van der Waals surface area contributed by atoms with E-state index in [1.807, 2.05) is 18.2 Å². The van der Waals surface area contributed by atoms with E-state index in [0.717, 1.165) is 5.82 Å². The molecule has 1 N–H and O–H groups in total. The minimum Gasteiger partial charge on any atom is -0.383 e. The lowest BCUT2D eigenvalue weighted by atomic mass is 10.4. The fourth-order valence-corrected chi connectivity index (χ4v) is 1.13. The summed E-state index contributed by atoms with van der Waals surface area (Å²) in [6, 6.07) is 5.70. The Kier molecular flexibility index (Phi) is 4.57. The van der Waals surface area contributed by atoms with Crippen molar-refractivity contribution in [3.8, 4) is 0 Å². The minimum atomic E-state index is -0.0213. The summed E-state index contributed by atoms with van der Waals surface area (Å²) in [4.78, 5) is 4.10. The number of hydrogen-bond acceptors (Lipinski definition) is 3. The van der Waals surface area contributed by atoms with Gasteiger partial charge in [-0.2, -0.15) is 0 Å². The molecule has 1 atom stereocenters. The molecule has 0 saturated carbocycles. The first-order valence-electron chi connectivity index (χ1n) is 4.11. The molecule has 0 aromatic carbocycles. The van der Waals surface area contributed by atoms with Crippen LogP contribution >= 0.6 is 11.6 Å². The summed E-state index contributed by atoms with van der Waals surface area (Å²) >= 11 is 5.92. The first-order valence-corrected chi connectivity index (χ1v) is 4.54.